The molecule has 0 radical (unpaired) electrons. The van der Waals surface area contributed by atoms with Crippen LogP contribution in [0.3, 0.4) is 0 Å². The van der Waals surface area contributed by atoms with Gasteiger partial charge in [0, 0.05) is 30.2 Å². The van der Waals surface area contributed by atoms with Gasteiger partial charge in [-0.05, 0) is 44.2 Å². The minimum absolute atomic E-state index is 0. The van der Waals surface area contributed by atoms with Crippen LogP contribution in [0.1, 0.15) is 13.8 Å². The molecule has 0 bridgehead atoms. The molecule has 0 aliphatic heterocycles. The van der Waals surface area contributed by atoms with E-state index in [0.29, 0.717) is 11.1 Å². The van der Waals surface area contributed by atoms with Crippen molar-refractivity contribution in [3.05, 3.63) is 59.0 Å². The van der Waals surface area contributed by atoms with Crippen molar-refractivity contribution < 1.29 is 21.4 Å². The highest BCUT2D eigenvalue weighted by Gasteiger charge is 2.25. The quantitative estimate of drug-likeness (QED) is 0.374. The first-order valence-electron chi connectivity index (χ1n) is 9.31. The number of halogens is 1. The van der Waals surface area contributed by atoms with Crippen LogP contribution >= 0.6 is 0 Å². The zero-order chi connectivity index (χ0) is 19.1. The molecule has 0 N–H and O–H groups in total. The summed E-state index contributed by atoms with van der Waals surface area (Å²) >= 11 is 0. The minimum Gasteiger partial charge on any atom is -1.00 e. The largest absolute Gasteiger partial charge is 1.00 e. The van der Waals surface area contributed by atoms with Gasteiger partial charge in [-0.25, -0.2) is 13.9 Å². The number of benzene rings is 2. The van der Waals surface area contributed by atoms with Crippen LogP contribution in [0.4, 0.5) is 5.69 Å². The van der Waals surface area contributed by atoms with Crippen molar-refractivity contribution in [1.29, 1.82) is 0 Å². The van der Waals surface area contributed by atoms with E-state index in [9.17, 15) is 4.79 Å². The summed E-state index contributed by atoms with van der Waals surface area (Å²) in [5.74, 6) is 0.833. The van der Waals surface area contributed by atoms with Crippen molar-refractivity contribution in [2.45, 2.75) is 13.8 Å². The van der Waals surface area contributed by atoms with Gasteiger partial charge in [-0.3, -0.25) is 0 Å². The minimum atomic E-state index is -0.319. The Morgan fingerprint density at radius 3 is 2.46 bits per heavy atom. The van der Waals surface area contributed by atoms with Crippen molar-refractivity contribution in [2.24, 2.45) is 14.1 Å². The maximum atomic E-state index is 12.8. The van der Waals surface area contributed by atoms with Crippen LogP contribution in [0.25, 0.3) is 33.4 Å². The van der Waals surface area contributed by atoms with Crippen LogP contribution in [0.15, 0.2) is 57.7 Å². The van der Waals surface area contributed by atoms with E-state index >= 15 is 0 Å². The Bertz CT molecular complexity index is 1170. The van der Waals surface area contributed by atoms with E-state index < -0.39 is 0 Å². The average Bonchev–Trinajstić information content (AvgIpc) is 2.93. The van der Waals surface area contributed by atoms with Gasteiger partial charge in [0.25, 0.3) is 5.82 Å². The molecule has 0 aliphatic carbocycles. The molecule has 2 heterocycles. The van der Waals surface area contributed by atoms with Gasteiger partial charge < -0.3 is 21.7 Å². The van der Waals surface area contributed by atoms with Crippen molar-refractivity contribution in [3.8, 4) is 11.4 Å². The molecule has 2 aromatic carbocycles. The molecule has 4 aromatic rings. The zero-order valence-electron chi connectivity index (χ0n) is 16.6. The highest BCUT2D eigenvalue weighted by atomic mass is 35.5. The van der Waals surface area contributed by atoms with Crippen LogP contribution < -0.4 is 27.5 Å². The van der Waals surface area contributed by atoms with Crippen molar-refractivity contribution in [1.82, 2.24) is 4.57 Å². The van der Waals surface area contributed by atoms with E-state index in [1.54, 1.807) is 0 Å². The molecule has 5 nitrogen and oxygen atoms in total. The van der Waals surface area contributed by atoms with Gasteiger partial charge in [0.2, 0.25) is 0 Å². The molecule has 28 heavy (non-hydrogen) atoms. The lowest BCUT2D eigenvalue weighted by Crippen LogP contribution is -3.00. The van der Waals surface area contributed by atoms with E-state index in [2.05, 4.69) is 36.9 Å². The van der Waals surface area contributed by atoms with Crippen molar-refractivity contribution in [3.63, 3.8) is 0 Å². The number of para-hydroxylation sites is 2. The predicted octanol–water partition coefficient (Wildman–Crippen LogP) is 0.626. The Labute approximate surface area is 170 Å². The van der Waals surface area contributed by atoms with E-state index in [4.69, 9.17) is 4.42 Å². The molecule has 0 spiro atoms. The smallest absolute Gasteiger partial charge is 0.351 e. The fraction of sp³-hybridized carbons (Fsp3) is 0.273. The number of imidazole rings is 1. The second-order valence-corrected chi connectivity index (χ2v) is 6.77. The molecule has 0 amide bonds. The molecule has 0 saturated carbocycles. The van der Waals surface area contributed by atoms with E-state index in [-0.39, 0.29) is 18.0 Å². The molecule has 0 atom stereocenters. The standard InChI is InChI=1S/C22H24N3O2.ClH/c1-5-25(6-2)16-12-11-15-13-17(22(26)27-20(15)14-16)21-23(3)18-9-7-8-10-19(18)24(21)4;/h7-14H,5-6H2,1-4H3;1H/q+1;/p-1. The predicted molar refractivity (Wildman–Crippen MR) is 109 cm³/mol. The third kappa shape index (κ3) is 3.06. The van der Waals surface area contributed by atoms with Gasteiger partial charge in [-0.15, -0.1) is 0 Å². The normalized spacial score (nSPS) is 11.0. The van der Waals surface area contributed by atoms with E-state index in [1.807, 2.05) is 53.6 Å². The van der Waals surface area contributed by atoms with Crippen molar-refractivity contribution >= 4 is 27.7 Å². The lowest BCUT2D eigenvalue weighted by molar-refractivity contribution is -0.634. The Balaban J connectivity index is 0.00000225. The number of anilines is 1. The summed E-state index contributed by atoms with van der Waals surface area (Å²) in [6.45, 7) is 6.06. The number of fused-ring (bicyclic) bond motifs is 2. The zero-order valence-corrected chi connectivity index (χ0v) is 17.3. The highest BCUT2D eigenvalue weighted by molar-refractivity contribution is 5.84. The van der Waals surface area contributed by atoms with E-state index in [1.165, 1.54) is 0 Å². The number of rotatable bonds is 4. The van der Waals surface area contributed by atoms with Gasteiger partial charge in [0.05, 0.1) is 14.1 Å². The van der Waals surface area contributed by atoms with Crippen LogP contribution in [0, 0.1) is 0 Å². The Hall–Kier alpha value is -2.79. The molecule has 146 valence electrons. The van der Waals surface area contributed by atoms with Gasteiger partial charge >= 0.3 is 5.63 Å². The Morgan fingerprint density at radius 1 is 1.07 bits per heavy atom. The SMILES string of the molecule is CCN(CC)c1ccc2cc(-c3n(C)c4ccccc4[n+]3C)c(=O)oc2c1.[Cl-]. The molecule has 0 aliphatic rings. The summed E-state index contributed by atoms with van der Waals surface area (Å²) in [7, 11) is 3.95. The average molecular weight is 398 g/mol. The fourth-order valence-corrected chi connectivity index (χ4v) is 3.89. The van der Waals surface area contributed by atoms with Crippen LogP contribution in [0.2, 0.25) is 0 Å². The first kappa shape index (κ1) is 20.0. The van der Waals surface area contributed by atoms with Crippen LogP contribution in [-0.2, 0) is 14.1 Å². The molecule has 4 rings (SSSR count). The molecule has 0 unspecified atom stereocenters. The summed E-state index contributed by atoms with van der Waals surface area (Å²) in [6, 6.07) is 16.1. The number of nitrogens with zero attached hydrogens (tertiary/aromatic N) is 3. The summed E-state index contributed by atoms with van der Waals surface area (Å²) < 4.78 is 9.80. The number of hydrogen-bond acceptors (Lipinski definition) is 3. The Morgan fingerprint density at radius 2 is 1.79 bits per heavy atom. The maximum absolute atomic E-state index is 12.8. The van der Waals surface area contributed by atoms with Gasteiger partial charge in [-0.2, -0.15) is 0 Å². The fourth-order valence-electron chi connectivity index (χ4n) is 3.89. The number of hydrogen-bond donors (Lipinski definition) is 0. The summed E-state index contributed by atoms with van der Waals surface area (Å²) in [5.41, 5.74) is 4.09. The maximum Gasteiger partial charge on any atom is 0.351 e. The number of aryl methyl sites for hydroxylation is 2. The third-order valence-corrected chi connectivity index (χ3v) is 5.33. The lowest BCUT2D eigenvalue weighted by Gasteiger charge is -2.20. The summed E-state index contributed by atoms with van der Waals surface area (Å²) in [5, 5.41) is 0.922. The lowest BCUT2D eigenvalue weighted by atomic mass is 10.1. The monoisotopic (exact) mass is 397 g/mol. The first-order valence-corrected chi connectivity index (χ1v) is 9.31. The topological polar surface area (TPSA) is 42.3 Å². The molecule has 0 saturated heterocycles. The van der Waals surface area contributed by atoms with Gasteiger partial charge in [0.15, 0.2) is 16.6 Å². The molecule has 6 heteroatoms. The third-order valence-electron chi connectivity index (χ3n) is 5.33. The van der Waals surface area contributed by atoms with Gasteiger partial charge in [-0.1, -0.05) is 12.1 Å². The summed E-state index contributed by atoms with van der Waals surface area (Å²) in [6.07, 6.45) is 0. The molecule has 0 fully saturated rings. The second kappa shape index (κ2) is 7.68. The van der Waals surface area contributed by atoms with E-state index in [0.717, 1.165) is 41.0 Å². The van der Waals surface area contributed by atoms with Gasteiger partial charge in [0.1, 0.15) is 5.58 Å². The molecular formula is C22H24ClN3O2. The molecule has 2 aromatic heterocycles. The van der Waals surface area contributed by atoms with Crippen LogP contribution in [0.5, 0.6) is 0 Å². The first-order chi connectivity index (χ1) is 13.0. The number of aromatic nitrogens is 2. The Kier molecular flexibility index (Phi) is 5.47. The molecular weight excluding hydrogens is 374 g/mol. The van der Waals surface area contributed by atoms with Crippen LogP contribution in [-0.4, -0.2) is 17.7 Å². The van der Waals surface area contributed by atoms with Crippen molar-refractivity contribution in [2.75, 3.05) is 18.0 Å². The second-order valence-electron chi connectivity index (χ2n) is 6.77. The summed E-state index contributed by atoms with van der Waals surface area (Å²) in [4.78, 5) is 15.1. The highest BCUT2D eigenvalue weighted by Crippen LogP contribution is 2.25.